The highest BCUT2D eigenvalue weighted by Gasteiger charge is 2.21. The Morgan fingerprint density at radius 1 is 1.38 bits per heavy atom. The van der Waals surface area contributed by atoms with Crippen molar-refractivity contribution >= 4 is 11.7 Å². The van der Waals surface area contributed by atoms with Crippen LogP contribution in [0, 0.1) is 11.8 Å². The zero-order valence-corrected chi connectivity index (χ0v) is 13.2. The van der Waals surface area contributed by atoms with Crippen LogP contribution in [0.1, 0.15) is 56.3 Å². The van der Waals surface area contributed by atoms with Gasteiger partial charge < -0.3 is 10.6 Å². The van der Waals surface area contributed by atoms with Crippen molar-refractivity contribution in [2.75, 3.05) is 18.4 Å². The van der Waals surface area contributed by atoms with E-state index >= 15 is 0 Å². The van der Waals surface area contributed by atoms with Crippen LogP contribution in [0.2, 0.25) is 0 Å². The Hall–Kier alpha value is -1.58. The highest BCUT2D eigenvalue weighted by Crippen LogP contribution is 2.28. The van der Waals surface area contributed by atoms with Gasteiger partial charge in [-0.3, -0.25) is 4.79 Å². The number of aromatic nitrogens is 1. The molecule has 0 aliphatic heterocycles. The van der Waals surface area contributed by atoms with E-state index in [0.717, 1.165) is 31.2 Å². The lowest BCUT2D eigenvalue weighted by Crippen LogP contribution is -2.33. The second-order valence-electron chi connectivity index (χ2n) is 6.09. The maximum atomic E-state index is 12.3. The fourth-order valence-electron chi connectivity index (χ4n) is 2.94. The molecule has 21 heavy (non-hydrogen) atoms. The minimum absolute atomic E-state index is 0.00900. The number of rotatable bonds is 6. The SMILES string of the molecule is CCCNc1cc(C(=O)NCC2CCCCC2C)ccn1. The Bertz CT molecular complexity index is 461. The molecule has 116 valence electrons. The lowest BCUT2D eigenvalue weighted by molar-refractivity contribution is 0.0936. The summed E-state index contributed by atoms with van der Waals surface area (Å²) in [5, 5.41) is 6.30. The molecular formula is C17H27N3O. The van der Waals surface area contributed by atoms with Crippen molar-refractivity contribution < 1.29 is 4.79 Å². The van der Waals surface area contributed by atoms with Crippen molar-refractivity contribution in [2.24, 2.45) is 11.8 Å². The van der Waals surface area contributed by atoms with Gasteiger partial charge in [0.25, 0.3) is 5.91 Å². The van der Waals surface area contributed by atoms with Crippen LogP contribution < -0.4 is 10.6 Å². The molecule has 1 aromatic rings. The number of anilines is 1. The molecule has 1 aromatic heterocycles. The van der Waals surface area contributed by atoms with Crippen LogP contribution in [0.25, 0.3) is 0 Å². The van der Waals surface area contributed by atoms with Gasteiger partial charge in [-0.05, 0) is 36.8 Å². The molecule has 0 radical (unpaired) electrons. The van der Waals surface area contributed by atoms with Crippen molar-refractivity contribution in [1.82, 2.24) is 10.3 Å². The fourth-order valence-corrected chi connectivity index (χ4v) is 2.94. The monoisotopic (exact) mass is 289 g/mol. The standard InChI is InChI=1S/C17H27N3O/c1-3-9-18-16-11-14(8-10-19-16)17(21)20-12-15-7-5-4-6-13(15)2/h8,10-11,13,15H,3-7,9,12H2,1-2H3,(H,18,19)(H,20,21). The summed E-state index contributed by atoms with van der Waals surface area (Å²) in [6.45, 7) is 6.07. The smallest absolute Gasteiger partial charge is 0.251 e. The van der Waals surface area contributed by atoms with Gasteiger partial charge in [-0.15, -0.1) is 0 Å². The Morgan fingerprint density at radius 3 is 2.95 bits per heavy atom. The minimum Gasteiger partial charge on any atom is -0.370 e. The van der Waals surface area contributed by atoms with Crippen LogP contribution in [-0.2, 0) is 0 Å². The Kier molecular flexibility index (Phi) is 6.03. The molecule has 1 fully saturated rings. The van der Waals surface area contributed by atoms with Crippen LogP contribution in [-0.4, -0.2) is 24.0 Å². The van der Waals surface area contributed by atoms with E-state index in [1.165, 1.54) is 25.7 Å². The summed E-state index contributed by atoms with van der Waals surface area (Å²) in [4.78, 5) is 16.5. The number of nitrogens with one attached hydrogen (secondary N) is 2. The molecule has 1 heterocycles. The number of hydrogen-bond acceptors (Lipinski definition) is 3. The van der Waals surface area contributed by atoms with Gasteiger partial charge in [0.2, 0.25) is 0 Å². The molecule has 0 bridgehead atoms. The lowest BCUT2D eigenvalue weighted by Gasteiger charge is -2.28. The molecule has 1 aliphatic rings. The van der Waals surface area contributed by atoms with E-state index in [2.05, 4.69) is 29.5 Å². The fraction of sp³-hybridized carbons (Fsp3) is 0.647. The van der Waals surface area contributed by atoms with E-state index in [9.17, 15) is 4.79 Å². The van der Waals surface area contributed by atoms with E-state index in [0.29, 0.717) is 11.5 Å². The van der Waals surface area contributed by atoms with E-state index < -0.39 is 0 Å². The van der Waals surface area contributed by atoms with Gasteiger partial charge in [-0.2, -0.15) is 0 Å². The maximum absolute atomic E-state index is 12.3. The van der Waals surface area contributed by atoms with Gasteiger partial charge in [-0.1, -0.05) is 33.1 Å². The molecule has 4 nitrogen and oxygen atoms in total. The zero-order valence-electron chi connectivity index (χ0n) is 13.2. The molecule has 1 aliphatic carbocycles. The molecule has 2 unspecified atom stereocenters. The molecule has 0 saturated heterocycles. The third-order valence-electron chi connectivity index (χ3n) is 4.39. The number of pyridine rings is 1. The van der Waals surface area contributed by atoms with Crippen molar-refractivity contribution in [3.05, 3.63) is 23.9 Å². The average molecular weight is 289 g/mol. The number of carbonyl (C=O) groups is 1. The van der Waals surface area contributed by atoms with Crippen molar-refractivity contribution in [1.29, 1.82) is 0 Å². The number of nitrogens with zero attached hydrogens (tertiary/aromatic N) is 1. The van der Waals surface area contributed by atoms with Crippen molar-refractivity contribution in [3.63, 3.8) is 0 Å². The summed E-state index contributed by atoms with van der Waals surface area (Å²) in [7, 11) is 0. The first-order valence-corrected chi connectivity index (χ1v) is 8.18. The number of carbonyl (C=O) groups excluding carboxylic acids is 1. The molecule has 2 atom stereocenters. The lowest BCUT2D eigenvalue weighted by atomic mass is 9.80. The molecule has 1 amide bonds. The van der Waals surface area contributed by atoms with Crippen LogP contribution in [0.3, 0.4) is 0 Å². The summed E-state index contributed by atoms with van der Waals surface area (Å²) < 4.78 is 0. The third kappa shape index (κ3) is 4.73. The van der Waals surface area contributed by atoms with Gasteiger partial charge in [0.15, 0.2) is 0 Å². The first-order chi connectivity index (χ1) is 10.2. The Labute approximate surface area is 127 Å². The largest absolute Gasteiger partial charge is 0.370 e. The van der Waals surface area contributed by atoms with Crippen molar-refractivity contribution in [3.8, 4) is 0 Å². The predicted octanol–water partition coefficient (Wildman–Crippen LogP) is 3.46. The molecule has 1 saturated carbocycles. The van der Waals surface area contributed by atoms with Gasteiger partial charge in [0.1, 0.15) is 5.82 Å². The van der Waals surface area contributed by atoms with E-state index in [1.807, 2.05) is 6.07 Å². The normalized spacial score (nSPS) is 21.8. The van der Waals surface area contributed by atoms with Crippen LogP contribution in [0.4, 0.5) is 5.82 Å². The van der Waals surface area contributed by atoms with Gasteiger partial charge >= 0.3 is 0 Å². The summed E-state index contributed by atoms with van der Waals surface area (Å²) in [6.07, 6.45) is 7.89. The van der Waals surface area contributed by atoms with Gasteiger partial charge in [-0.25, -0.2) is 4.98 Å². The third-order valence-corrected chi connectivity index (χ3v) is 4.39. The van der Waals surface area contributed by atoms with E-state index in [4.69, 9.17) is 0 Å². The molecular weight excluding hydrogens is 262 g/mol. The highest BCUT2D eigenvalue weighted by atomic mass is 16.1. The summed E-state index contributed by atoms with van der Waals surface area (Å²) in [5.74, 6) is 2.13. The first kappa shape index (κ1) is 15.8. The second-order valence-corrected chi connectivity index (χ2v) is 6.09. The average Bonchev–Trinajstić information content (AvgIpc) is 2.52. The second kappa shape index (κ2) is 8.01. The van der Waals surface area contributed by atoms with Crippen LogP contribution in [0.15, 0.2) is 18.3 Å². The van der Waals surface area contributed by atoms with Gasteiger partial charge in [0, 0.05) is 24.8 Å². The van der Waals surface area contributed by atoms with E-state index in [1.54, 1.807) is 12.3 Å². The molecule has 0 aromatic carbocycles. The topological polar surface area (TPSA) is 54.0 Å². The first-order valence-electron chi connectivity index (χ1n) is 8.18. The number of amides is 1. The summed E-state index contributed by atoms with van der Waals surface area (Å²) in [6, 6.07) is 3.60. The maximum Gasteiger partial charge on any atom is 0.251 e. The molecule has 2 N–H and O–H groups in total. The molecule has 4 heteroatoms. The Balaban J connectivity index is 1.87. The highest BCUT2D eigenvalue weighted by molar-refractivity contribution is 5.94. The summed E-state index contributed by atoms with van der Waals surface area (Å²) in [5.41, 5.74) is 0.687. The predicted molar refractivity (Wildman–Crippen MR) is 86.5 cm³/mol. The summed E-state index contributed by atoms with van der Waals surface area (Å²) >= 11 is 0. The van der Waals surface area contributed by atoms with Crippen LogP contribution >= 0.6 is 0 Å². The van der Waals surface area contributed by atoms with Crippen molar-refractivity contribution in [2.45, 2.75) is 46.0 Å². The van der Waals surface area contributed by atoms with Crippen LogP contribution in [0.5, 0.6) is 0 Å². The number of hydrogen-bond donors (Lipinski definition) is 2. The van der Waals surface area contributed by atoms with E-state index in [-0.39, 0.29) is 5.91 Å². The zero-order chi connectivity index (χ0) is 15.1. The minimum atomic E-state index is 0.00900. The Morgan fingerprint density at radius 2 is 2.19 bits per heavy atom. The molecule has 2 rings (SSSR count). The quantitative estimate of drug-likeness (QED) is 0.843. The van der Waals surface area contributed by atoms with Gasteiger partial charge in [0.05, 0.1) is 0 Å². The molecule has 0 spiro atoms.